The number of thioether (sulfide) groups is 1. The molecule has 0 saturated heterocycles. The molecule has 1 amide bonds. The van der Waals surface area contributed by atoms with Gasteiger partial charge in [-0.05, 0) is 13.0 Å². The fourth-order valence-corrected chi connectivity index (χ4v) is 3.66. The second kappa shape index (κ2) is 5.42. The van der Waals surface area contributed by atoms with Gasteiger partial charge in [0.15, 0.2) is 0 Å². The van der Waals surface area contributed by atoms with Gasteiger partial charge in [-0.25, -0.2) is 0 Å². The minimum atomic E-state index is -0.437. The number of carbonyl (C=O) groups is 2. The van der Waals surface area contributed by atoms with E-state index in [9.17, 15) is 9.59 Å². The lowest BCUT2D eigenvalue weighted by molar-refractivity contribution is -0.142. The standard InChI is InChI=1S/C11H10N2O3S2/c1-2-16-10(15)5-13-8-3-7(4-12)18-11(8)17-6-9(13)14/h3H,2,5-6H2,1H3. The van der Waals surface area contributed by atoms with Crippen LogP contribution >= 0.6 is 23.1 Å². The topological polar surface area (TPSA) is 70.4 Å². The van der Waals surface area contributed by atoms with Crippen LogP contribution in [0.4, 0.5) is 5.69 Å². The number of amides is 1. The number of rotatable bonds is 3. The lowest BCUT2D eigenvalue weighted by atomic mass is 10.3. The number of carbonyl (C=O) groups excluding carboxylic acids is 2. The number of nitriles is 1. The summed E-state index contributed by atoms with van der Waals surface area (Å²) < 4.78 is 5.74. The molecule has 1 aliphatic rings. The number of anilines is 1. The molecule has 1 aliphatic heterocycles. The highest BCUT2D eigenvalue weighted by Gasteiger charge is 2.29. The van der Waals surface area contributed by atoms with Crippen LogP contribution in [0, 0.1) is 11.3 Å². The Balaban J connectivity index is 2.25. The second-order valence-corrected chi connectivity index (χ2v) is 5.76. The number of ether oxygens (including phenoxy) is 1. The predicted molar refractivity (Wildman–Crippen MR) is 68.7 cm³/mol. The zero-order chi connectivity index (χ0) is 13.1. The third-order valence-corrected chi connectivity index (χ3v) is 4.59. The van der Waals surface area contributed by atoms with Gasteiger partial charge in [-0.15, -0.1) is 23.1 Å². The Kier molecular flexibility index (Phi) is 3.89. The van der Waals surface area contributed by atoms with Crippen LogP contribution in [0.2, 0.25) is 0 Å². The van der Waals surface area contributed by atoms with Crippen LogP contribution in [0.15, 0.2) is 10.3 Å². The zero-order valence-corrected chi connectivity index (χ0v) is 11.3. The van der Waals surface area contributed by atoms with E-state index >= 15 is 0 Å². The molecule has 0 aliphatic carbocycles. The smallest absolute Gasteiger partial charge is 0.326 e. The maximum atomic E-state index is 11.8. The molecular weight excluding hydrogens is 272 g/mol. The maximum absolute atomic E-state index is 11.8. The molecule has 0 bridgehead atoms. The summed E-state index contributed by atoms with van der Waals surface area (Å²) in [7, 11) is 0. The van der Waals surface area contributed by atoms with Crippen molar-refractivity contribution in [1.82, 2.24) is 0 Å². The third-order valence-electron chi connectivity index (χ3n) is 2.30. The number of fused-ring (bicyclic) bond motifs is 1. The van der Waals surface area contributed by atoms with Crippen LogP contribution in [0.5, 0.6) is 0 Å². The summed E-state index contributed by atoms with van der Waals surface area (Å²) in [4.78, 5) is 25.2. The van der Waals surface area contributed by atoms with Gasteiger partial charge in [-0.1, -0.05) is 0 Å². The number of hydrogen-bond donors (Lipinski definition) is 0. The molecule has 0 spiro atoms. The van der Waals surface area contributed by atoms with E-state index in [2.05, 4.69) is 0 Å². The first kappa shape index (κ1) is 12.9. The van der Waals surface area contributed by atoms with Crippen molar-refractivity contribution in [3.05, 3.63) is 10.9 Å². The first-order chi connectivity index (χ1) is 8.65. The Morgan fingerprint density at radius 1 is 1.67 bits per heavy atom. The van der Waals surface area contributed by atoms with E-state index in [0.717, 1.165) is 4.21 Å². The van der Waals surface area contributed by atoms with Crippen molar-refractivity contribution in [3.63, 3.8) is 0 Å². The molecule has 7 heteroatoms. The van der Waals surface area contributed by atoms with Gasteiger partial charge < -0.3 is 4.74 Å². The van der Waals surface area contributed by atoms with Gasteiger partial charge in [0.25, 0.3) is 0 Å². The lowest BCUT2D eigenvalue weighted by Gasteiger charge is -2.25. The van der Waals surface area contributed by atoms with Crippen LogP contribution in [0.3, 0.4) is 0 Å². The Morgan fingerprint density at radius 3 is 3.11 bits per heavy atom. The van der Waals surface area contributed by atoms with Crippen LogP contribution in [-0.4, -0.2) is 30.8 Å². The molecule has 5 nitrogen and oxygen atoms in total. The average Bonchev–Trinajstić information content (AvgIpc) is 2.76. The summed E-state index contributed by atoms with van der Waals surface area (Å²) in [5, 5.41) is 8.86. The van der Waals surface area contributed by atoms with Crippen LogP contribution in [0.25, 0.3) is 0 Å². The lowest BCUT2D eigenvalue weighted by Crippen LogP contribution is -2.39. The van der Waals surface area contributed by atoms with Gasteiger partial charge in [0.1, 0.15) is 17.5 Å². The second-order valence-electron chi connectivity index (χ2n) is 3.47. The number of esters is 1. The largest absolute Gasteiger partial charge is 0.465 e. The van der Waals surface area contributed by atoms with Crippen LogP contribution in [-0.2, 0) is 14.3 Å². The summed E-state index contributed by atoms with van der Waals surface area (Å²) in [5.74, 6) is -0.283. The van der Waals surface area contributed by atoms with E-state index in [1.165, 1.54) is 28.0 Å². The molecule has 94 valence electrons. The van der Waals surface area contributed by atoms with Crippen molar-refractivity contribution in [2.45, 2.75) is 11.1 Å². The number of nitrogens with zero attached hydrogens (tertiary/aromatic N) is 2. The molecule has 1 aromatic heterocycles. The van der Waals surface area contributed by atoms with Gasteiger partial charge in [-0.3, -0.25) is 14.5 Å². The Labute approximate surface area is 112 Å². The number of thiophene rings is 1. The molecule has 0 aromatic carbocycles. The van der Waals surface area contributed by atoms with Crippen molar-refractivity contribution in [2.75, 3.05) is 23.8 Å². The minimum absolute atomic E-state index is 0.0954. The average molecular weight is 282 g/mol. The monoisotopic (exact) mass is 282 g/mol. The summed E-state index contributed by atoms with van der Waals surface area (Å²) in [6.45, 7) is 1.91. The Hall–Kier alpha value is -1.52. The summed E-state index contributed by atoms with van der Waals surface area (Å²) in [5.41, 5.74) is 0.644. The molecular formula is C11H10N2O3S2. The molecule has 2 heterocycles. The van der Waals surface area contributed by atoms with E-state index in [1.807, 2.05) is 6.07 Å². The SMILES string of the molecule is CCOC(=O)CN1C(=O)CSc2sc(C#N)cc21. The van der Waals surface area contributed by atoms with Crippen molar-refractivity contribution >= 4 is 40.7 Å². The van der Waals surface area contributed by atoms with E-state index in [0.29, 0.717) is 10.6 Å². The molecule has 2 rings (SSSR count). The zero-order valence-electron chi connectivity index (χ0n) is 9.63. The highest BCUT2D eigenvalue weighted by molar-refractivity contribution is 8.02. The fourth-order valence-electron chi connectivity index (χ4n) is 1.56. The highest BCUT2D eigenvalue weighted by atomic mass is 32.2. The quantitative estimate of drug-likeness (QED) is 0.788. The van der Waals surface area contributed by atoms with Gasteiger partial charge >= 0.3 is 5.97 Å². The molecule has 18 heavy (non-hydrogen) atoms. The Bertz CT molecular complexity index is 533. The van der Waals surface area contributed by atoms with E-state index < -0.39 is 5.97 Å². The van der Waals surface area contributed by atoms with E-state index in [1.54, 1.807) is 13.0 Å². The summed E-state index contributed by atoms with van der Waals surface area (Å²) >= 11 is 2.74. The normalized spacial score (nSPS) is 14.0. The minimum Gasteiger partial charge on any atom is -0.465 e. The summed E-state index contributed by atoms with van der Waals surface area (Å²) in [6, 6.07) is 3.69. The van der Waals surface area contributed by atoms with Gasteiger partial charge in [0, 0.05) is 0 Å². The molecule has 0 unspecified atom stereocenters. The summed E-state index contributed by atoms with van der Waals surface area (Å²) in [6.07, 6.45) is 0. The van der Waals surface area contributed by atoms with Crippen molar-refractivity contribution in [3.8, 4) is 6.07 Å². The van der Waals surface area contributed by atoms with Gasteiger partial charge in [0.2, 0.25) is 5.91 Å². The number of hydrogen-bond acceptors (Lipinski definition) is 6. The van der Waals surface area contributed by atoms with Crippen LogP contribution in [0.1, 0.15) is 11.8 Å². The fraction of sp³-hybridized carbons (Fsp3) is 0.364. The first-order valence-corrected chi connectivity index (χ1v) is 7.08. The predicted octanol–water partition coefficient (Wildman–Crippen LogP) is 1.62. The molecule has 0 saturated carbocycles. The molecule has 0 atom stereocenters. The van der Waals surface area contributed by atoms with Crippen molar-refractivity contribution < 1.29 is 14.3 Å². The van der Waals surface area contributed by atoms with E-state index in [4.69, 9.17) is 10.00 Å². The maximum Gasteiger partial charge on any atom is 0.326 e. The first-order valence-electron chi connectivity index (χ1n) is 5.28. The van der Waals surface area contributed by atoms with Gasteiger partial charge in [0.05, 0.1) is 22.3 Å². The molecule has 1 aromatic rings. The molecule has 0 fully saturated rings. The van der Waals surface area contributed by atoms with Crippen molar-refractivity contribution in [2.24, 2.45) is 0 Å². The molecule has 0 radical (unpaired) electrons. The van der Waals surface area contributed by atoms with Crippen molar-refractivity contribution in [1.29, 1.82) is 5.26 Å². The van der Waals surface area contributed by atoms with Gasteiger partial charge in [-0.2, -0.15) is 5.26 Å². The van der Waals surface area contributed by atoms with Crippen LogP contribution < -0.4 is 4.90 Å². The Morgan fingerprint density at radius 2 is 2.44 bits per heavy atom. The van der Waals surface area contributed by atoms with E-state index in [-0.39, 0.29) is 24.8 Å². The highest BCUT2D eigenvalue weighted by Crippen LogP contribution is 2.41. The molecule has 0 N–H and O–H groups in total. The third kappa shape index (κ3) is 2.49.